The summed E-state index contributed by atoms with van der Waals surface area (Å²) in [6.07, 6.45) is 7.86. The molecule has 0 saturated carbocycles. The number of aromatic nitrogens is 3. The van der Waals surface area contributed by atoms with Crippen LogP contribution in [0.4, 0.5) is 5.82 Å². The van der Waals surface area contributed by atoms with Crippen LogP contribution < -0.4 is 5.32 Å². The van der Waals surface area contributed by atoms with Crippen LogP contribution in [0.25, 0.3) is 0 Å². The molecule has 1 saturated heterocycles. The van der Waals surface area contributed by atoms with Gasteiger partial charge in [0.2, 0.25) is 0 Å². The Balaban J connectivity index is 1.62. The van der Waals surface area contributed by atoms with Crippen LogP contribution in [0.1, 0.15) is 48.7 Å². The standard InChI is InChI=1S/C18H23N5O/c1-2-15-5-3-4-12-23(15)18(24)16-6-7-17(22-21-16)20-13-14-8-10-19-11-9-14/h6-11,15H,2-5,12-13H2,1H3,(H,20,22). The minimum absolute atomic E-state index is 0.00488. The number of piperidine rings is 1. The van der Waals surface area contributed by atoms with Crippen molar-refractivity contribution >= 4 is 11.7 Å². The van der Waals surface area contributed by atoms with E-state index in [0.29, 0.717) is 24.1 Å². The third kappa shape index (κ3) is 3.88. The van der Waals surface area contributed by atoms with Crippen LogP contribution in [0, 0.1) is 0 Å². The second-order valence-corrected chi connectivity index (χ2v) is 6.07. The van der Waals surface area contributed by atoms with Crippen LogP contribution in [-0.4, -0.2) is 38.6 Å². The van der Waals surface area contributed by atoms with Crippen LogP contribution >= 0.6 is 0 Å². The molecular formula is C18H23N5O. The zero-order valence-electron chi connectivity index (χ0n) is 14.0. The number of hydrogen-bond donors (Lipinski definition) is 1. The molecule has 2 aromatic heterocycles. The van der Waals surface area contributed by atoms with Crippen molar-refractivity contribution in [2.75, 3.05) is 11.9 Å². The number of amides is 1. The van der Waals surface area contributed by atoms with Crippen molar-refractivity contribution in [1.29, 1.82) is 0 Å². The molecule has 1 aliphatic rings. The lowest BCUT2D eigenvalue weighted by Crippen LogP contribution is -2.43. The molecular weight excluding hydrogens is 302 g/mol. The third-order valence-electron chi connectivity index (χ3n) is 4.47. The fraction of sp³-hybridized carbons (Fsp3) is 0.444. The predicted molar refractivity (Wildman–Crippen MR) is 92.6 cm³/mol. The fourth-order valence-electron chi connectivity index (χ4n) is 3.07. The number of nitrogens with zero attached hydrogens (tertiary/aromatic N) is 4. The number of anilines is 1. The Hall–Kier alpha value is -2.50. The van der Waals surface area contributed by atoms with Crippen molar-refractivity contribution in [1.82, 2.24) is 20.1 Å². The Kier molecular flexibility index (Phi) is 5.36. The van der Waals surface area contributed by atoms with E-state index in [4.69, 9.17) is 0 Å². The highest BCUT2D eigenvalue weighted by Crippen LogP contribution is 2.21. The molecule has 1 unspecified atom stereocenters. The summed E-state index contributed by atoms with van der Waals surface area (Å²) < 4.78 is 0. The van der Waals surface area contributed by atoms with Gasteiger partial charge in [-0.25, -0.2) is 0 Å². The number of likely N-dealkylation sites (tertiary alicyclic amines) is 1. The van der Waals surface area contributed by atoms with Crippen molar-refractivity contribution in [3.05, 3.63) is 47.9 Å². The van der Waals surface area contributed by atoms with E-state index >= 15 is 0 Å². The highest BCUT2D eigenvalue weighted by molar-refractivity contribution is 5.92. The van der Waals surface area contributed by atoms with E-state index in [1.165, 1.54) is 6.42 Å². The number of carbonyl (C=O) groups is 1. The van der Waals surface area contributed by atoms with Gasteiger partial charge in [0.15, 0.2) is 5.69 Å². The Morgan fingerprint density at radius 2 is 2.04 bits per heavy atom. The molecule has 2 aromatic rings. The quantitative estimate of drug-likeness (QED) is 0.915. The first-order valence-electron chi connectivity index (χ1n) is 8.55. The van der Waals surface area contributed by atoms with Gasteiger partial charge in [-0.3, -0.25) is 9.78 Å². The Morgan fingerprint density at radius 3 is 2.75 bits per heavy atom. The normalized spacial score (nSPS) is 17.5. The first-order chi connectivity index (χ1) is 11.8. The maximum atomic E-state index is 12.7. The summed E-state index contributed by atoms with van der Waals surface area (Å²) in [5.74, 6) is 0.656. The van der Waals surface area contributed by atoms with E-state index in [1.807, 2.05) is 23.1 Å². The van der Waals surface area contributed by atoms with E-state index in [1.54, 1.807) is 18.5 Å². The molecule has 0 radical (unpaired) electrons. The van der Waals surface area contributed by atoms with Crippen molar-refractivity contribution < 1.29 is 4.79 Å². The first-order valence-corrected chi connectivity index (χ1v) is 8.55. The SMILES string of the molecule is CCC1CCCCN1C(=O)c1ccc(NCc2ccncc2)nn1. The lowest BCUT2D eigenvalue weighted by atomic mass is 9.99. The summed E-state index contributed by atoms with van der Waals surface area (Å²) >= 11 is 0. The summed E-state index contributed by atoms with van der Waals surface area (Å²) in [4.78, 5) is 18.6. The smallest absolute Gasteiger partial charge is 0.274 e. The van der Waals surface area contributed by atoms with Crippen molar-refractivity contribution in [2.24, 2.45) is 0 Å². The topological polar surface area (TPSA) is 71.0 Å². The molecule has 0 aliphatic carbocycles. The van der Waals surface area contributed by atoms with Gasteiger partial charge in [0.1, 0.15) is 5.82 Å². The zero-order chi connectivity index (χ0) is 16.8. The number of nitrogens with one attached hydrogen (secondary N) is 1. The van der Waals surface area contributed by atoms with Crippen molar-refractivity contribution in [3.63, 3.8) is 0 Å². The Bertz CT molecular complexity index is 659. The van der Waals surface area contributed by atoms with Crippen LogP contribution in [0.3, 0.4) is 0 Å². The first kappa shape index (κ1) is 16.4. The molecule has 3 heterocycles. The van der Waals surface area contributed by atoms with Gasteiger partial charge in [-0.2, -0.15) is 0 Å². The van der Waals surface area contributed by atoms with Crippen LogP contribution in [-0.2, 0) is 6.54 Å². The summed E-state index contributed by atoms with van der Waals surface area (Å²) in [6, 6.07) is 7.79. The Morgan fingerprint density at radius 1 is 1.21 bits per heavy atom. The van der Waals surface area contributed by atoms with E-state index in [-0.39, 0.29) is 5.91 Å². The van der Waals surface area contributed by atoms with Crippen LogP contribution in [0.15, 0.2) is 36.7 Å². The monoisotopic (exact) mass is 325 g/mol. The Labute approximate surface area is 142 Å². The van der Waals surface area contributed by atoms with Crippen molar-refractivity contribution in [2.45, 2.75) is 45.2 Å². The zero-order valence-corrected chi connectivity index (χ0v) is 14.0. The predicted octanol–water partition coefficient (Wildman–Crippen LogP) is 2.89. The average Bonchev–Trinajstić information content (AvgIpc) is 2.67. The molecule has 1 N–H and O–H groups in total. The third-order valence-corrected chi connectivity index (χ3v) is 4.47. The summed E-state index contributed by atoms with van der Waals surface area (Å²) in [7, 11) is 0. The molecule has 1 atom stereocenters. The second kappa shape index (κ2) is 7.86. The lowest BCUT2D eigenvalue weighted by molar-refractivity contribution is 0.0601. The highest BCUT2D eigenvalue weighted by Gasteiger charge is 2.27. The van der Waals surface area contributed by atoms with Crippen LogP contribution in [0.5, 0.6) is 0 Å². The highest BCUT2D eigenvalue weighted by atomic mass is 16.2. The summed E-state index contributed by atoms with van der Waals surface area (Å²) in [5.41, 5.74) is 1.54. The molecule has 1 aliphatic heterocycles. The fourth-order valence-corrected chi connectivity index (χ4v) is 3.07. The molecule has 6 heteroatoms. The molecule has 126 valence electrons. The number of hydrogen-bond acceptors (Lipinski definition) is 5. The maximum absolute atomic E-state index is 12.7. The van der Waals surface area contributed by atoms with E-state index in [2.05, 4.69) is 27.4 Å². The average molecular weight is 325 g/mol. The molecule has 0 spiro atoms. The van der Waals surface area contributed by atoms with Gasteiger partial charge in [-0.05, 0) is 55.5 Å². The number of rotatable bonds is 5. The maximum Gasteiger partial charge on any atom is 0.274 e. The van der Waals surface area contributed by atoms with Gasteiger partial charge in [-0.1, -0.05) is 6.92 Å². The van der Waals surface area contributed by atoms with Gasteiger partial charge in [0, 0.05) is 31.5 Å². The van der Waals surface area contributed by atoms with E-state index in [0.717, 1.165) is 31.4 Å². The van der Waals surface area contributed by atoms with Crippen molar-refractivity contribution in [3.8, 4) is 0 Å². The lowest BCUT2D eigenvalue weighted by Gasteiger charge is -2.34. The van der Waals surface area contributed by atoms with Gasteiger partial charge < -0.3 is 10.2 Å². The second-order valence-electron chi connectivity index (χ2n) is 6.07. The largest absolute Gasteiger partial charge is 0.365 e. The minimum atomic E-state index is -0.00488. The molecule has 1 amide bonds. The minimum Gasteiger partial charge on any atom is -0.365 e. The van der Waals surface area contributed by atoms with Gasteiger partial charge >= 0.3 is 0 Å². The van der Waals surface area contributed by atoms with Gasteiger partial charge in [0.25, 0.3) is 5.91 Å². The summed E-state index contributed by atoms with van der Waals surface area (Å²) in [6.45, 7) is 3.60. The van der Waals surface area contributed by atoms with E-state index < -0.39 is 0 Å². The summed E-state index contributed by atoms with van der Waals surface area (Å²) in [5, 5.41) is 11.5. The van der Waals surface area contributed by atoms with E-state index in [9.17, 15) is 4.79 Å². The molecule has 0 aromatic carbocycles. The number of carbonyl (C=O) groups excluding carboxylic acids is 1. The molecule has 1 fully saturated rings. The van der Waals surface area contributed by atoms with Crippen LogP contribution in [0.2, 0.25) is 0 Å². The molecule has 3 rings (SSSR count). The van der Waals surface area contributed by atoms with Gasteiger partial charge in [0.05, 0.1) is 0 Å². The molecule has 0 bridgehead atoms. The number of pyridine rings is 1. The van der Waals surface area contributed by atoms with Gasteiger partial charge in [-0.15, -0.1) is 10.2 Å². The molecule has 6 nitrogen and oxygen atoms in total. The molecule has 24 heavy (non-hydrogen) atoms.